The Hall–Kier alpha value is -2.68. The van der Waals surface area contributed by atoms with Crippen LogP contribution in [0.2, 0.25) is 0 Å². The third-order valence-electron chi connectivity index (χ3n) is 5.16. The monoisotopic (exact) mass is 364 g/mol. The number of Topliss-reactive ketones (excluding diaryl/α,β-unsaturated/α-hetero) is 1. The van der Waals surface area contributed by atoms with Crippen molar-refractivity contribution in [1.29, 1.82) is 5.26 Å². The molecule has 140 valence electrons. The van der Waals surface area contributed by atoms with Crippen LogP contribution in [0.15, 0.2) is 42.0 Å². The van der Waals surface area contributed by atoms with Gasteiger partial charge in [-0.1, -0.05) is 36.4 Å². The second kappa shape index (κ2) is 8.34. The fourth-order valence-electron chi connectivity index (χ4n) is 3.44. The number of nitriles is 1. The Morgan fingerprint density at radius 1 is 1.26 bits per heavy atom. The lowest BCUT2D eigenvalue weighted by molar-refractivity contribution is -0.115. The lowest BCUT2D eigenvalue weighted by atomic mass is 9.92. The molecule has 0 aliphatic carbocycles. The normalized spacial score (nSPS) is 15.7. The van der Waals surface area contributed by atoms with E-state index in [0.29, 0.717) is 5.57 Å². The maximum absolute atomic E-state index is 12.6. The average Bonchev–Trinajstić information content (AvgIpc) is 2.65. The molecule has 5 heteroatoms. The highest BCUT2D eigenvalue weighted by Gasteiger charge is 2.23. The number of rotatable bonds is 7. The number of hydrogen-bond donors (Lipinski definition) is 2. The van der Waals surface area contributed by atoms with E-state index < -0.39 is 6.10 Å². The number of fused-ring (bicyclic) bond motifs is 1. The van der Waals surface area contributed by atoms with Crippen molar-refractivity contribution in [3.05, 3.63) is 47.5 Å². The molecule has 1 atom stereocenters. The zero-order valence-corrected chi connectivity index (χ0v) is 15.5. The predicted molar refractivity (Wildman–Crippen MR) is 106 cm³/mol. The maximum atomic E-state index is 12.6. The van der Waals surface area contributed by atoms with Gasteiger partial charge in [0.25, 0.3) is 0 Å². The molecule has 3 rings (SSSR count). The van der Waals surface area contributed by atoms with E-state index in [1.165, 1.54) is 0 Å². The van der Waals surface area contributed by atoms with Gasteiger partial charge in [0, 0.05) is 30.5 Å². The number of ketones is 1. The van der Waals surface area contributed by atoms with Crippen molar-refractivity contribution >= 4 is 27.8 Å². The minimum atomic E-state index is -0.938. The lowest BCUT2D eigenvalue weighted by Gasteiger charge is -2.36. The lowest BCUT2D eigenvalue weighted by Crippen LogP contribution is -2.37. The smallest absolute Gasteiger partial charge is 0.173 e. The Bertz CT molecular complexity index is 923. The summed E-state index contributed by atoms with van der Waals surface area (Å²) in [6, 6.07) is 14.2. The molecule has 1 aliphatic rings. The molecule has 2 N–H and O–H groups in total. The largest absolute Gasteiger partial charge is 0.394 e. The van der Waals surface area contributed by atoms with Gasteiger partial charge < -0.3 is 15.1 Å². The average molecular weight is 364 g/mol. The molecular weight excluding hydrogens is 340 g/mol. The van der Waals surface area contributed by atoms with Gasteiger partial charge in [0.05, 0.1) is 24.0 Å². The van der Waals surface area contributed by atoms with E-state index in [9.17, 15) is 15.2 Å². The van der Waals surface area contributed by atoms with Gasteiger partial charge in [-0.15, -0.1) is 0 Å². The van der Waals surface area contributed by atoms with Crippen LogP contribution in [-0.2, 0) is 4.79 Å². The van der Waals surface area contributed by atoms with Crippen LogP contribution < -0.4 is 4.90 Å². The van der Waals surface area contributed by atoms with E-state index in [1.807, 2.05) is 31.2 Å². The predicted octanol–water partition coefficient (Wildman–Crippen LogP) is 3.05. The van der Waals surface area contributed by atoms with Gasteiger partial charge in [-0.2, -0.15) is 5.26 Å². The van der Waals surface area contributed by atoms with Crippen molar-refractivity contribution in [3.8, 4) is 6.07 Å². The Balaban J connectivity index is 2.05. The molecule has 1 unspecified atom stereocenters. The number of allylic oxidation sites excluding steroid dienone is 2. The molecule has 1 aliphatic heterocycles. The number of carbonyl (C=O) groups excluding carboxylic acids is 1. The Morgan fingerprint density at radius 2 is 2.00 bits per heavy atom. The molecule has 0 aromatic heterocycles. The molecule has 1 fully saturated rings. The SMILES string of the molecule is C/C(=C(/C#N)C(=O)CCC(O)CO)c1ccc2ccccc2c1N1CCC1. The molecule has 0 spiro atoms. The molecule has 2 aromatic carbocycles. The van der Waals surface area contributed by atoms with Crippen LogP contribution in [0.4, 0.5) is 5.69 Å². The molecule has 0 bridgehead atoms. The van der Waals surface area contributed by atoms with Gasteiger partial charge in [-0.3, -0.25) is 4.79 Å². The Morgan fingerprint density at radius 3 is 2.63 bits per heavy atom. The number of aliphatic hydroxyl groups is 2. The van der Waals surface area contributed by atoms with Crippen LogP contribution >= 0.6 is 0 Å². The van der Waals surface area contributed by atoms with Gasteiger partial charge >= 0.3 is 0 Å². The highest BCUT2D eigenvalue weighted by atomic mass is 16.3. The van der Waals surface area contributed by atoms with Gasteiger partial charge in [-0.05, 0) is 30.7 Å². The van der Waals surface area contributed by atoms with Gasteiger partial charge in [0.15, 0.2) is 5.78 Å². The summed E-state index contributed by atoms with van der Waals surface area (Å²) in [6.07, 6.45) is 0.375. The van der Waals surface area contributed by atoms with Crippen LogP contribution in [0.5, 0.6) is 0 Å². The Kier molecular flexibility index (Phi) is 5.90. The summed E-state index contributed by atoms with van der Waals surface area (Å²) >= 11 is 0. The van der Waals surface area contributed by atoms with E-state index in [2.05, 4.69) is 23.1 Å². The minimum absolute atomic E-state index is 0.0363. The van der Waals surface area contributed by atoms with E-state index in [0.717, 1.165) is 41.5 Å². The van der Waals surface area contributed by atoms with Crippen LogP contribution in [0.3, 0.4) is 0 Å². The van der Waals surface area contributed by atoms with Gasteiger partial charge in [-0.25, -0.2) is 0 Å². The van der Waals surface area contributed by atoms with E-state index >= 15 is 0 Å². The van der Waals surface area contributed by atoms with Crippen molar-refractivity contribution in [2.24, 2.45) is 0 Å². The molecular formula is C22H24N2O3. The topological polar surface area (TPSA) is 84.6 Å². The van der Waals surface area contributed by atoms with Crippen LogP contribution in [0.1, 0.15) is 31.7 Å². The summed E-state index contributed by atoms with van der Waals surface area (Å²) < 4.78 is 0. The zero-order valence-electron chi connectivity index (χ0n) is 15.5. The van der Waals surface area contributed by atoms with Crippen molar-refractivity contribution in [2.75, 3.05) is 24.6 Å². The highest BCUT2D eigenvalue weighted by molar-refractivity contribution is 6.09. The van der Waals surface area contributed by atoms with Gasteiger partial charge in [0.2, 0.25) is 0 Å². The van der Waals surface area contributed by atoms with Crippen molar-refractivity contribution in [1.82, 2.24) is 0 Å². The molecule has 0 radical (unpaired) electrons. The first-order chi connectivity index (χ1) is 13.1. The quantitative estimate of drug-likeness (QED) is 0.583. The van der Waals surface area contributed by atoms with Gasteiger partial charge in [0.1, 0.15) is 6.07 Å². The van der Waals surface area contributed by atoms with Crippen LogP contribution in [-0.4, -0.2) is 41.8 Å². The standard InChI is InChI=1S/C22H24N2O3/c1-15(20(13-23)21(27)10-8-17(26)14-25)18-9-7-16-5-2-3-6-19(16)22(18)24-11-4-12-24/h2-3,5-7,9,17,25-26H,4,8,10-12,14H2,1H3/b20-15+. The molecule has 2 aromatic rings. The number of hydrogen-bond acceptors (Lipinski definition) is 5. The van der Waals surface area contributed by atoms with E-state index in [-0.39, 0.29) is 30.8 Å². The highest BCUT2D eigenvalue weighted by Crippen LogP contribution is 2.38. The first-order valence-electron chi connectivity index (χ1n) is 9.27. The summed E-state index contributed by atoms with van der Waals surface area (Å²) in [5, 5.41) is 30.3. The summed E-state index contributed by atoms with van der Waals surface area (Å²) in [7, 11) is 0. The second-order valence-corrected chi connectivity index (χ2v) is 6.93. The van der Waals surface area contributed by atoms with E-state index in [1.54, 1.807) is 0 Å². The summed E-state index contributed by atoms with van der Waals surface area (Å²) in [5.74, 6) is -0.301. The number of anilines is 1. The molecule has 27 heavy (non-hydrogen) atoms. The van der Waals surface area contributed by atoms with Crippen LogP contribution in [0, 0.1) is 11.3 Å². The summed E-state index contributed by atoms with van der Waals surface area (Å²) in [4.78, 5) is 14.8. The molecule has 0 amide bonds. The molecule has 1 saturated heterocycles. The third kappa shape index (κ3) is 3.87. The molecule has 1 heterocycles. The summed E-state index contributed by atoms with van der Waals surface area (Å²) in [6.45, 7) is 3.35. The number of aliphatic hydroxyl groups excluding tert-OH is 2. The zero-order chi connectivity index (χ0) is 19.4. The number of carbonyl (C=O) groups is 1. The maximum Gasteiger partial charge on any atom is 0.173 e. The fraction of sp³-hybridized carbons (Fsp3) is 0.364. The van der Waals surface area contributed by atoms with E-state index in [4.69, 9.17) is 5.11 Å². The number of benzene rings is 2. The second-order valence-electron chi connectivity index (χ2n) is 6.93. The van der Waals surface area contributed by atoms with Crippen LogP contribution in [0.25, 0.3) is 16.3 Å². The third-order valence-corrected chi connectivity index (χ3v) is 5.16. The fourth-order valence-corrected chi connectivity index (χ4v) is 3.44. The molecule has 5 nitrogen and oxygen atoms in total. The number of nitrogens with zero attached hydrogens (tertiary/aromatic N) is 2. The van der Waals surface area contributed by atoms with Crippen molar-refractivity contribution in [3.63, 3.8) is 0 Å². The minimum Gasteiger partial charge on any atom is -0.394 e. The summed E-state index contributed by atoms with van der Waals surface area (Å²) in [5.41, 5.74) is 2.76. The first kappa shape index (κ1) is 19.1. The Labute approximate surface area is 159 Å². The van der Waals surface area contributed by atoms with Crippen molar-refractivity contribution in [2.45, 2.75) is 32.3 Å². The first-order valence-corrected chi connectivity index (χ1v) is 9.27. The van der Waals surface area contributed by atoms with Crippen molar-refractivity contribution < 1.29 is 15.0 Å². The molecule has 0 saturated carbocycles.